The second kappa shape index (κ2) is 9.61. The van der Waals surface area contributed by atoms with E-state index in [9.17, 15) is 14.9 Å². The van der Waals surface area contributed by atoms with Crippen molar-refractivity contribution in [1.29, 1.82) is 5.26 Å². The van der Waals surface area contributed by atoms with Crippen LogP contribution >= 0.6 is 0 Å². The van der Waals surface area contributed by atoms with Gasteiger partial charge in [-0.2, -0.15) is 15.5 Å². The lowest BCUT2D eigenvalue weighted by Crippen LogP contribution is -2.63. The molecule has 3 heterocycles. The summed E-state index contributed by atoms with van der Waals surface area (Å²) in [6, 6.07) is 12.2. The lowest BCUT2D eigenvalue weighted by Gasteiger charge is -2.58. The largest absolute Gasteiger partial charge is 0.465 e. The van der Waals surface area contributed by atoms with Crippen LogP contribution in [0.25, 0.3) is 32.9 Å². The van der Waals surface area contributed by atoms with Gasteiger partial charge in [0.25, 0.3) is 0 Å². The van der Waals surface area contributed by atoms with Crippen molar-refractivity contribution in [2.45, 2.75) is 58.6 Å². The van der Waals surface area contributed by atoms with Crippen molar-refractivity contribution in [2.24, 2.45) is 12.5 Å². The molecule has 0 N–H and O–H groups in total. The van der Waals surface area contributed by atoms with Gasteiger partial charge in [-0.15, -0.1) is 0 Å². The zero-order chi connectivity index (χ0) is 29.1. The molecule has 1 saturated carbocycles. The summed E-state index contributed by atoms with van der Waals surface area (Å²) in [5.41, 5.74) is 4.45. The number of hydrogen-bond acceptors (Lipinski definition) is 7. The van der Waals surface area contributed by atoms with Gasteiger partial charge in [0.1, 0.15) is 12.1 Å². The molecule has 2 fully saturated rings. The van der Waals surface area contributed by atoms with Gasteiger partial charge < -0.3 is 14.4 Å². The van der Waals surface area contributed by atoms with Gasteiger partial charge in [-0.1, -0.05) is 12.1 Å². The van der Waals surface area contributed by atoms with Gasteiger partial charge in [-0.05, 0) is 64.3 Å². The summed E-state index contributed by atoms with van der Waals surface area (Å²) in [6.07, 6.45) is 3.26. The number of nitriles is 1. The van der Waals surface area contributed by atoms with Crippen LogP contribution in [0.4, 0.5) is 4.79 Å². The van der Waals surface area contributed by atoms with E-state index < -0.39 is 5.60 Å². The Hall–Kier alpha value is -4.39. The maximum absolute atomic E-state index is 12.5. The highest BCUT2D eigenvalue weighted by Crippen LogP contribution is 2.57. The highest BCUT2D eigenvalue weighted by Gasteiger charge is 2.55. The number of rotatable bonds is 5. The van der Waals surface area contributed by atoms with Gasteiger partial charge in [0.05, 0.1) is 41.2 Å². The van der Waals surface area contributed by atoms with Crippen molar-refractivity contribution in [3.05, 3.63) is 47.8 Å². The molecule has 0 bridgehead atoms. The minimum atomic E-state index is -0.524. The minimum absolute atomic E-state index is 0.00392. The molecule has 1 spiro atoms. The number of fused-ring (bicyclic) bond motifs is 2. The number of amides is 1. The number of carbonyl (C=O) groups excluding carboxylic acids is 2. The maximum Gasteiger partial charge on any atom is 0.410 e. The molecule has 1 saturated heterocycles. The zero-order valence-electron chi connectivity index (χ0n) is 24.1. The molecular weight excluding hydrogens is 520 g/mol. The summed E-state index contributed by atoms with van der Waals surface area (Å²) in [4.78, 5) is 26.8. The molecule has 4 aromatic rings. The highest BCUT2D eigenvalue weighted by molar-refractivity contribution is 6.01. The summed E-state index contributed by atoms with van der Waals surface area (Å²) < 4.78 is 14.3. The number of hydrogen-bond donors (Lipinski definition) is 0. The first-order chi connectivity index (χ1) is 19.5. The van der Waals surface area contributed by atoms with Crippen LogP contribution in [0.15, 0.2) is 36.5 Å². The van der Waals surface area contributed by atoms with Gasteiger partial charge in [0.2, 0.25) is 0 Å². The number of ether oxygens (including phenoxy) is 2. The molecular formula is C31H34N6O4. The fraction of sp³-hybridized carbons (Fsp3) is 0.452. The zero-order valence-corrected chi connectivity index (χ0v) is 24.1. The van der Waals surface area contributed by atoms with E-state index in [0.29, 0.717) is 25.3 Å². The third-order valence-electron chi connectivity index (χ3n) is 8.14. The molecule has 0 unspecified atom stereocenters. The van der Waals surface area contributed by atoms with Crippen LogP contribution in [0.2, 0.25) is 0 Å². The standard InChI is InChI=1S/C31H34N6O4/c1-6-40-26(38)16-37-24-9-7-8-22(23-11-25-20(10-19(23)14-32)15-33-35(25)5)27(24)28(34-37)21-12-31(13-21)17-36(18-31)29(39)41-30(2,3)4/h7-11,15,21H,6,12-13,16-18H2,1-5H3. The molecule has 10 nitrogen and oxygen atoms in total. The topological polar surface area (TPSA) is 115 Å². The lowest BCUT2D eigenvalue weighted by atomic mass is 9.56. The van der Waals surface area contributed by atoms with Crippen LogP contribution in [0.3, 0.4) is 0 Å². The quantitative estimate of drug-likeness (QED) is 0.314. The molecule has 2 aromatic heterocycles. The monoisotopic (exact) mass is 554 g/mol. The number of aryl methyl sites for hydroxylation is 1. The van der Waals surface area contributed by atoms with Crippen molar-refractivity contribution in [1.82, 2.24) is 24.5 Å². The third kappa shape index (κ3) is 4.69. The number of benzene rings is 2. The molecule has 10 heteroatoms. The molecule has 1 aliphatic carbocycles. The molecule has 2 aromatic carbocycles. The van der Waals surface area contributed by atoms with Crippen molar-refractivity contribution < 1.29 is 19.1 Å². The Kier molecular flexibility index (Phi) is 6.29. The molecule has 2 aliphatic rings. The molecule has 212 valence electrons. The highest BCUT2D eigenvalue weighted by atomic mass is 16.6. The third-order valence-corrected chi connectivity index (χ3v) is 8.14. The van der Waals surface area contributed by atoms with Crippen molar-refractivity contribution in [3.63, 3.8) is 0 Å². The van der Waals surface area contributed by atoms with Crippen molar-refractivity contribution in [3.8, 4) is 17.2 Å². The average molecular weight is 555 g/mol. The Morgan fingerprint density at radius 1 is 1.15 bits per heavy atom. The fourth-order valence-corrected chi connectivity index (χ4v) is 6.39. The molecule has 41 heavy (non-hydrogen) atoms. The second-order valence-electron chi connectivity index (χ2n) is 12.3. The van der Waals surface area contributed by atoms with E-state index in [1.54, 1.807) is 27.4 Å². The Morgan fingerprint density at radius 2 is 1.90 bits per heavy atom. The number of aromatic nitrogens is 4. The first-order valence-electron chi connectivity index (χ1n) is 14.0. The summed E-state index contributed by atoms with van der Waals surface area (Å²) in [5, 5.41) is 21.3. The molecule has 0 radical (unpaired) electrons. The Bertz CT molecular complexity index is 1720. The number of esters is 1. The van der Waals surface area contributed by atoms with E-state index in [0.717, 1.165) is 51.5 Å². The first kappa shape index (κ1) is 26.8. The Labute approximate surface area is 238 Å². The van der Waals surface area contributed by atoms with Gasteiger partial charge >= 0.3 is 12.1 Å². The predicted molar refractivity (Wildman–Crippen MR) is 153 cm³/mol. The van der Waals surface area contributed by atoms with E-state index in [1.165, 1.54) is 0 Å². The Balaban J connectivity index is 1.38. The first-order valence-corrected chi connectivity index (χ1v) is 14.0. The maximum atomic E-state index is 12.5. The van der Waals surface area contributed by atoms with E-state index in [4.69, 9.17) is 14.6 Å². The van der Waals surface area contributed by atoms with Crippen molar-refractivity contribution >= 4 is 33.9 Å². The summed E-state index contributed by atoms with van der Waals surface area (Å²) >= 11 is 0. The van der Waals surface area contributed by atoms with Crippen molar-refractivity contribution in [2.75, 3.05) is 19.7 Å². The summed E-state index contributed by atoms with van der Waals surface area (Å²) in [5.74, 6) is -0.186. The van der Waals surface area contributed by atoms with Gasteiger partial charge in [-0.25, -0.2) is 4.79 Å². The number of likely N-dealkylation sites (tertiary alicyclic amines) is 1. The molecule has 1 amide bonds. The molecule has 6 rings (SSSR count). The van der Waals surface area contributed by atoms with E-state index >= 15 is 0 Å². The van der Waals surface area contributed by atoms with Gasteiger partial charge in [0, 0.05) is 47.8 Å². The Morgan fingerprint density at radius 3 is 2.59 bits per heavy atom. The minimum Gasteiger partial charge on any atom is -0.465 e. The SMILES string of the molecule is CCOC(=O)Cn1nc(C2CC3(C2)CN(C(=O)OC(C)(C)C)C3)c2c(-c3cc4c(cnn4C)cc3C#N)cccc21. The number of nitrogens with zero attached hydrogens (tertiary/aromatic N) is 6. The smallest absolute Gasteiger partial charge is 0.410 e. The normalized spacial score (nSPS) is 16.4. The van der Waals surface area contributed by atoms with Gasteiger partial charge in [-0.3, -0.25) is 14.2 Å². The van der Waals surface area contributed by atoms with Crippen LogP contribution in [-0.4, -0.2) is 61.8 Å². The van der Waals surface area contributed by atoms with Gasteiger partial charge in [0.15, 0.2) is 0 Å². The van der Waals surface area contributed by atoms with Crippen LogP contribution < -0.4 is 0 Å². The average Bonchev–Trinajstić information content (AvgIpc) is 3.40. The van der Waals surface area contributed by atoms with E-state index in [1.807, 2.05) is 58.2 Å². The molecule has 0 atom stereocenters. The second-order valence-corrected chi connectivity index (χ2v) is 12.3. The van der Waals surface area contributed by atoms with E-state index in [-0.39, 0.29) is 29.9 Å². The van der Waals surface area contributed by atoms with Crippen LogP contribution in [-0.2, 0) is 27.9 Å². The van der Waals surface area contributed by atoms with E-state index in [2.05, 4.69) is 11.2 Å². The number of carbonyl (C=O) groups is 2. The van der Waals surface area contributed by atoms with Crippen LogP contribution in [0.1, 0.15) is 57.7 Å². The molecule has 1 aliphatic heterocycles. The van der Waals surface area contributed by atoms with Crippen LogP contribution in [0, 0.1) is 16.7 Å². The van der Waals surface area contributed by atoms with Crippen LogP contribution in [0.5, 0.6) is 0 Å². The fourth-order valence-electron chi connectivity index (χ4n) is 6.39. The summed E-state index contributed by atoms with van der Waals surface area (Å²) in [7, 11) is 1.88. The predicted octanol–water partition coefficient (Wildman–Crippen LogP) is 5.14. The lowest BCUT2D eigenvalue weighted by molar-refractivity contribution is -0.143. The summed E-state index contributed by atoms with van der Waals surface area (Å²) in [6.45, 7) is 9.05.